The van der Waals surface area contributed by atoms with E-state index in [-0.39, 0.29) is 0 Å². The number of anilines is 6. The fraction of sp³-hybridized carbons (Fsp3) is 0. The smallest absolute Gasteiger partial charge is 0.134 e. The van der Waals surface area contributed by atoms with Gasteiger partial charge in [0.2, 0.25) is 0 Å². The quantitative estimate of drug-likeness (QED) is 0.130. The highest BCUT2D eigenvalue weighted by Crippen LogP contribution is 2.39. The van der Waals surface area contributed by atoms with Gasteiger partial charge in [-0.05, 0) is 132 Å². The molecule has 0 unspecified atom stereocenters. The van der Waals surface area contributed by atoms with E-state index >= 15 is 0 Å². The minimum absolute atomic E-state index is 0.827. The molecule has 0 fully saturated rings. The van der Waals surface area contributed by atoms with E-state index in [2.05, 4.69) is 153 Å². The molecule has 6 nitrogen and oxygen atoms in total. The molecule has 10 aromatic rings. The Kier molecular flexibility index (Phi) is 9.84. The average Bonchev–Trinajstić information content (AvgIpc) is 4.04. The minimum Gasteiger partial charge on any atom is -0.456 e. The average molecular weight is 775 g/mol. The zero-order valence-electron chi connectivity index (χ0n) is 32.5. The summed E-state index contributed by atoms with van der Waals surface area (Å²) in [5.41, 5.74) is 12.4. The maximum Gasteiger partial charge on any atom is 0.134 e. The number of hydrogen-bond donors (Lipinski definition) is 0. The lowest BCUT2D eigenvalue weighted by Crippen LogP contribution is -2.10. The van der Waals surface area contributed by atoms with Crippen molar-refractivity contribution >= 4 is 34.1 Å². The molecule has 10 rings (SSSR count). The second-order valence-corrected chi connectivity index (χ2v) is 14.3. The Labute approximate surface area is 348 Å². The zero-order valence-corrected chi connectivity index (χ0v) is 32.5. The van der Waals surface area contributed by atoms with Gasteiger partial charge in [-0.25, -0.2) is 0 Å². The summed E-state index contributed by atoms with van der Waals surface area (Å²) in [5, 5.41) is 0. The Morgan fingerprint density at radius 1 is 0.250 bits per heavy atom. The van der Waals surface area contributed by atoms with Crippen molar-refractivity contribution in [3.05, 3.63) is 231 Å². The van der Waals surface area contributed by atoms with Crippen molar-refractivity contribution in [3.8, 4) is 56.4 Å². The van der Waals surface area contributed by atoms with Gasteiger partial charge in [-0.15, -0.1) is 0 Å². The second-order valence-electron chi connectivity index (χ2n) is 14.3. The van der Waals surface area contributed by atoms with Gasteiger partial charge in [-0.2, -0.15) is 0 Å². The third kappa shape index (κ3) is 7.49. The molecule has 6 heteroatoms. The molecule has 0 aliphatic heterocycles. The minimum atomic E-state index is 0.827. The lowest BCUT2D eigenvalue weighted by molar-refractivity contribution is 0.597. The predicted octanol–water partition coefficient (Wildman–Crippen LogP) is 14.9. The summed E-state index contributed by atoms with van der Waals surface area (Å²) in [6.07, 6.45) is 7.37. The summed E-state index contributed by atoms with van der Waals surface area (Å²) in [4.78, 5) is 13.3. The van der Waals surface area contributed by atoms with E-state index in [0.717, 1.165) is 90.5 Å². The molecule has 4 aromatic heterocycles. The topological polar surface area (TPSA) is 58.5 Å². The molecule has 286 valence electrons. The Hall–Kier alpha value is -8.22. The first-order valence-corrected chi connectivity index (χ1v) is 19.9. The molecule has 0 amide bonds. The van der Waals surface area contributed by atoms with Crippen LogP contribution in [0.2, 0.25) is 0 Å². The molecule has 0 saturated carbocycles. The number of furan rings is 2. The predicted molar refractivity (Wildman–Crippen MR) is 243 cm³/mol. The fourth-order valence-corrected chi connectivity index (χ4v) is 7.52. The van der Waals surface area contributed by atoms with Crippen LogP contribution in [-0.4, -0.2) is 9.97 Å². The molecule has 0 bridgehead atoms. The van der Waals surface area contributed by atoms with Gasteiger partial charge in [0.15, 0.2) is 0 Å². The molecule has 0 N–H and O–H groups in total. The standard InChI is InChI=1S/C54H38N4O2/c1-3-9-41(10-4-1)51-31-33-53(59-51)43-19-27-47(28-20-43)57(49-13-7-35-55-37-49)45-23-15-39(16-24-45)40-17-25-46(26-18-40)58(50-14-8-36-56-38-50)48-29-21-44(22-30-48)54-34-32-52(60-54)42-11-5-2-6-12-42/h1-38H. The number of benzene rings is 6. The molecule has 0 atom stereocenters. The summed E-state index contributed by atoms with van der Waals surface area (Å²) in [5.74, 6) is 3.35. The molecule has 6 aromatic carbocycles. The second kappa shape index (κ2) is 16.3. The summed E-state index contributed by atoms with van der Waals surface area (Å²) in [6, 6.07) is 70.7. The summed E-state index contributed by atoms with van der Waals surface area (Å²) >= 11 is 0. The van der Waals surface area contributed by atoms with Crippen LogP contribution in [0.25, 0.3) is 56.4 Å². The number of rotatable bonds is 11. The van der Waals surface area contributed by atoms with Crippen molar-refractivity contribution < 1.29 is 8.83 Å². The SMILES string of the molecule is c1ccc(-c2ccc(-c3ccc(N(c4ccc(-c5ccc(N(c6ccc(-c7ccc(-c8ccccc8)o7)cc6)c6cccnc6)cc5)cc4)c4cccnc4)cc3)o2)cc1. The first-order valence-electron chi connectivity index (χ1n) is 19.9. The largest absolute Gasteiger partial charge is 0.456 e. The number of hydrogen-bond acceptors (Lipinski definition) is 6. The third-order valence-corrected chi connectivity index (χ3v) is 10.5. The Bertz CT molecular complexity index is 2720. The highest BCUT2D eigenvalue weighted by atomic mass is 16.3. The van der Waals surface area contributed by atoms with Crippen LogP contribution in [0.4, 0.5) is 34.1 Å². The number of aromatic nitrogens is 2. The van der Waals surface area contributed by atoms with Crippen LogP contribution < -0.4 is 9.80 Å². The molecule has 4 heterocycles. The van der Waals surface area contributed by atoms with Crippen LogP contribution in [0.15, 0.2) is 240 Å². The van der Waals surface area contributed by atoms with Crippen LogP contribution in [0.3, 0.4) is 0 Å². The van der Waals surface area contributed by atoms with Gasteiger partial charge in [-0.3, -0.25) is 9.97 Å². The van der Waals surface area contributed by atoms with E-state index < -0.39 is 0 Å². The van der Waals surface area contributed by atoms with E-state index in [1.54, 1.807) is 12.4 Å². The first kappa shape index (κ1) is 36.1. The monoisotopic (exact) mass is 774 g/mol. The highest BCUT2D eigenvalue weighted by molar-refractivity contribution is 5.82. The molecule has 0 spiro atoms. The van der Waals surface area contributed by atoms with E-state index in [4.69, 9.17) is 8.83 Å². The highest BCUT2D eigenvalue weighted by Gasteiger charge is 2.17. The third-order valence-electron chi connectivity index (χ3n) is 10.5. The van der Waals surface area contributed by atoms with Crippen molar-refractivity contribution in [1.82, 2.24) is 9.97 Å². The van der Waals surface area contributed by atoms with Gasteiger partial charge >= 0.3 is 0 Å². The maximum absolute atomic E-state index is 6.25. The van der Waals surface area contributed by atoms with Crippen molar-refractivity contribution in [2.75, 3.05) is 9.80 Å². The molecule has 0 aliphatic rings. The van der Waals surface area contributed by atoms with Crippen LogP contribution in [0.5, 0.6) is 0 Å². The lowest BCUT2D eigenvalue weighted by Gasteiger charge is -2.26. The van der Waals surface area contributed by atoms with E-state index in [9.17, 15) is 0 Å². The molecule has 60 heavy (non-hydrogen) atoms. The molecular formula is C54H38N4O2. The molecule has 0 saturated heterocycles. The van der Waals surface area contributed by atoms with E-state index in [0.29, 0.717) is 0 Å². The Morgan fingerprint density at radius 3 is 0.850 bits per heavy atom. The van der Waals surface area contributed by atoms with Gasteiger partial charge in [-0.1, -0.05) is 84.9 Å². The summed E-state index contributed by atoms with van der Waals surface area (Å²) in [6.45, 7) is 0. The fourth-order valence-electron chi connectivity index (χ4n) is 7.52. The number of nitrogens with zero attached hydrogens (tertiary/aromatic N) is 4. The Balaban J connectivity index is 0.899. The normalized spacial score (nSPS) is 11.0. The van der Waals surface area contributed by atoms with E-state index in [1.165, 1.54) is 0 Å². The maximum atomic E-state index is 6.25. The molecular weight excluding hydrogens is 737 g/mol. The molecule has 0 radical (unpaired) electrons. The molecule has 0 aliphatic carbocycles. The van der Waals surface area contributed by atoms with Gasteiger partial charge in [0.1, 0.15) is 23.0 Å². The van der Waals surface area contributed by atoms with Crippen molar-refractivity contribution in [1.29, 1.82) is 0 Å². The van der Waals surface area contributed by atoms with Crippen LogP contribution in [-0.2, 0) is 0 Å². The van der Waals surface area contributed by atoms with Gasteiger partial charge in [0.05, 0.1) is 23.8 Å². The van der Waals surface area contributed by atoms with Gasteiger partial charge < -0.3 is 18.6 Å². The van der Waals surface area contributed by atoms with Crippen LogP contribution in [0.1, 0.15) is 0 Å². The summed E-state index contributed by atoms with van der Waals surface area (Å²) in [7, 11) is 0. The van der Waals surface area contributed by atoms with E-state index in [1.807, 2.05) is 85.2 Å². The van der Waals surface area contributed by atoms with Crippen LogP contribution in [0, 0.1) is 0 Å². The van der Waals surface area contributed by atoms with Crippen molar-refractivity contribution in [2.45, 2.75) is 0 Å². The van der Waals surface area contributed by atoms with Crippen molar-refractivity contribution in [3.63, 3.8) is 0 Å². The van der Waals surface area contributed by atoms with Crippen molar-refractivity contribution in [2.24, 2.45) is 0 Å². The Morgan fingerprint density at radius 2 is 0.550 bits per heavy atom. The van der Waals surface area contributed by atoms with Crippen LogP contribution >= 0.6 is 0 Å². The van der Waals surface area contributed by atoms with Gasteiger partial charge in [0, 0.05) is 57.4 Å². The first-order chi connectivity index (χ1) is 29.7. The number of pyridine rings is 2. The zero-order chi connectivity index (χ0) is 40.1. The summed E-state index contributed by atoms with van der Waals surface area (Å²) < 4.78 is 12.5. The lowest BCUT2D eigenvalue weighted by atomic mass is 10.0. The van der Waals surface area contributed by atoms with Gasteiger partial charge in [0.25, 0.3) is 0 Å².